The van der Waals surface area contributed by atoms with Crippen molar-refractivity contribution in [2.24, 2.45) is 0 Å². The third-order valence-corrected chi connectivity index (χ3v) is 5.27. The average molecular weight is 391 g/mol. The zero-order valence-corrected chi connectivity index (χ0v) is 15.1. The van der Waals surface area contributed by atoms with E-state index >= 15 is 0 Å². The number of hydrogen-bond donors (Lipinski definition) is 2. The first-order valence-corrected chi connectivity index (χ1v) is 9.04. The van der Waals surface area contributed by atoms with E-state index in [9.17, 15) is 14.4 Å². The summed E-state index contributed by atoms with van der Waals surface area (Å²) in [5, 5.41) is 5.41. The molecule has 9 heteroatoms. The number of anilines is 1. The first-order valence-electron chi connectivity index (χ1n) is 7.24. The second-order valence-electron chi connectivity index (χ2n) is 5.02. The van der Waals surface area contributed by atoms with Crippen molar-refractivity contribution in [2.45, 2.75) is 24.6 Å². The Morgan fingerprint density at radius 1 is 1.38 bits per heavy atom. The van der Waals surface area contributed by atoms with Gasteiger partial charge >= 0.3 is 5.97 Å². The summed E-state index contributed by atoms with van der Waals surface area (Å²) in [4.78, 5) is 35.7. The molecule has 1 aliphatic heterocycles. The van der Waals surface area contributed by atoms with Crippen LogP contribution in [0.2, 0.25) is 10.0 Å². The van der Waals surface area contributed by atoms with Gasteiger partial charge in [-0.2, -0.15) is 0 Å². The Labute approximate surface area is 153 Å². The summed E-state index contributed by atoms with van der Waals surface area (Å²) in [6.07, 6.45) is -0.00765. The molecule has 24 heavy (non-hydrogen) atoms. The summed E-state index contributed by atoms with van der Waals surface area (Å²) in [7, 11) is 0. The molecule has 2 atom stereocenters. The van der Waals surface area contributed by atoms with Gasteiger partial charge in [-0.15, -0.1) is 11.8 Å². The van der Waals surface area contributed by atoms with Crippen LogP contribution in [0.4, 0.5) is 5.69 Å². The van der Waals surface area contributed by atoms with Crippen LogP contribution in [0.1, 0.15) is 13.3 Å². The minimum Gasteiger partial charge on any atom is -0.464 e. The predicted molar refractivity (Wildman–Crippen MR) is 94.5 cm³/mol. The Hall–Kier alpha value is -1.44. The normalized spacial score (nSPS) is 20.2. The van der Waals surface area contributed by atoms with Gasteiger partial charge in [0, 0.05) is 17.9 Å². The highest BCUT2D eigenvalue weighted by atomic mass is 35.5. The molecule has 1 saturated heterocycles. The van der Waals surface area contributed by atoms with Crippen LogP contribution in [-0.4, -0.2) is 41.4 Å². The van der Waals surface area contributed by atoms with Crippen molar-refractivity contribution in [1.82, 2.24) is 5.32 Å². The number of carbonyl (C=O) groups excluding carboxylic acids is 3. The van der Waals surface area contributed by atoms with E-state index in [1.165, 1.54) is 17.8 Å². The molecule has 0 spiro atoms. The molecular formula is C15H16Cl2N2O4S. The van der Waals surface area contributed by atoms with Gasteiger partial charge in [-0.25, -0.2) is 4.79 Å². The zero-order valence-electron chi connectivity index (χ0n) is 12.8. The summed E-state index contributed by atoms with van der Waals surface area (Å²) in [6, 6.07) is 4.06. The van der Waals surface area contributed by atoms with Crippen LogP contribution in [0.5, 0.6) is 0 Å². The number of rotatable bonds is 5. The van der Waals surface area contributed by atoms with Crippen molar-refractivity contribution in [1.29, 1.82) is 0 Å². The molecule has 1 fully saturated rings. The summed E-state index contributed by atoms with van der Waals surface area (Å²) in [6.45, 7) is 1.96. The summed E-state index contributed by atoms with van der Waals surface area (Å²) in [5.74, 6) is -0.767. The fourth-order valence-corrected chi connectivity index (χ4v) is 3.50. The second-order valence-corrected chi connectivity index (χ2v) is 7.07. The lowest BCUT2D eigenvalue weighted by atomic mass is 10.2. The lowest BCUT2D eigenvalue weighted by Crippen LogP contribution is -2.51. The highest BCUT2D eigenvalue weighted by Gasteiger charge is 2.34. The molecule has 0 radical (unpaired) electrons. The van der Waals surface area contributed by atoms with Crippen molar-refractivity contribution in [3.63, 3.8) is 0 Å². The summed E-state index contributed by atoms with van der Waals surface area (Å²) in [5.41, 5.74) is 0.500. The molecule has 1 aliphatic rings. The number of benzene rings is 1. The lowest BCUT2D eigenvalue weighted by molar-refractivity contribution is -0.146. The molecule has 0 aromatic heterocycles. The molecule has 1 heterocycles. The minimum absolute atomic E-state index is 0.00765. The maximum atomic E-state index is 12.1. The van der Waals surface area contributed by atoms with E-state index in [0.717, 1.165) is 0 Å². The Kier molecular flexibility index (Phi) is 6.77. The van der Waals surface area contributed by atoms with Gasteiger partial charge in [-0.1, -0.05) is 23.2 Å². The number of amides is 2. The topological polar surface area (TPSA) is 84.5 Å². The summed E-state index contributed by atoms with van der Waals surface area (Å²) < 4.78 is 4.88. The van der Waals surface area contributed by atoms with Crippen LogP contribution < -0.4 is 10.6 Å². The number of hydrogen-bond acceptors (Lipinski definition) is 5. The first kappa shape index (κ1) is 18.9. The van der Waals surface area contributed by atoms with Crippen LogP contribution >= 0.6 is 35.0 Å². The van der Waals surface area contributed by atoms with E-state index in [1.54, 1.807) is 19.1 Å². The highest BCUT2D eigenvalue weighted by molar-refractivity contribution is 8.00. The van der Waals surface area contributed by atoms with Gasteiger partial charge < -0.3 is 15.4 Å². The monoisotopic (exact) mass is 390 g/mol. The van der Waals surface area contributed by atoms with Crippen molar-refractivity contribution in [3.05, 3.63) is 28.2 Å². The van der Waals surface area contributed by atoms with Crippen LogP contribution in [0, 0.1) is 0 Å². The second kappa shape index (κ2) is 8.60. The SMILES string of the molecule is CCOC(=O)[C@H]1CS[C@H](CC(=O)Nc2ccc(Cl)c(Cl)c2)C(=O)N1. The number of esters is 1. The number of thioether (sulfide) groups is 1. The van der Waals surface area contributed by atoms with Gasteiger partial charge in [-0.3, -0.25) is 9.59 Å². The minimum atomic E-state index is -0.670. The lowest BCUT2D eigenvalue weighted by Gasteiger charge is -2.27. The predicted octanol–water partition coefficient (Wildman–Crippen LogP) is 2.49. The van der Waals surface area contributed by atoms with Crippen LogP contribution in [-0.2, 0) is 19.1 Å². The van der Waals surface area contributed by atoms with E-state index in [-0.39, 0.29) is 24.8 Å². The Balaban J connectivity index is 1.87. The van der Waals surface area contributed by atoms with Crippen molar-refractivity contribution in [3.8, 4) is 0 Å². The molecule has 2 rings (SSSR count). The van der Waals surface area contributed by atoms with Gasteiger partial charge in [0.05, 0.1) is 21.9 Å². The van der Waals surface area contributed by atoms with E-state index in [4.69, 9.17) is 27.9 Å². The number of halogens is 2. The fraction of sp³-hybridized carbons (Fsp3) is 0.400. The highest BCUT2D eigenvalue weighted by Crippen LogP contribution is 2.26. The maximum Gasteiger partial charge on any atom is 0.329 e. The van der Waals surface area contributed by atoms with Gasteiger partial charge in [0.2, 0.25) is 11.8 Å². The standard InChI is InChI=1S/C15H16Cl2N2O4S/c1-2-23-15(22)11-7-24-12(14(21)19-11)6-13(20)18-8-3-4-9(16)10(17)5-8/h3-5,11-12H,2,6-7H2,1H3,(H,18,20)(H,19,21)/t11-,12-/m1/s1. The van der Waals surface area contributed by atoms with E-state index < -0.39 is 17.3 Å². The fourth-order valence-electron chi connectivity index (χ4n) is 2.07. The molecule has 0 saturated carbocycles. The molecule has 0 unspecified atom stereocenters. The Morgan fingerprint density at radius 2 is 2.12 bits per heavy atom. The number of nitrogens with one attached hydrogen (secondary N) is 2. The quantitative estimate of drug-likeness (QED) is 0.754. The molecule has 130 valence electrons. The van der Waals surface area contributed by atoms with Crippen molar-refractivity contribution in [2.75, 3.05) is 17.7 Å². The summed E-state index contributed by atoms with van der Waals surface area (Å²) >= 11 is 13.0. The molecule has 0 aliphatic carbocycles. The largest absolute Gasteiger partial charge is 0.464 e. The van der Waals surface area contributed by atoms with Crippen LogP contribution in [0.15, 0.2) is 18.2 Å². The van der Waals surface area contributed by atoms with Crippen molar-refractivity contribution >= 4 is 58.4 Å². The molecule has 1 aromatic rings. The van der Waals surface area contributed by atoms with Gasteiger partial charge in [0.25, 0.3) is 0 Å². The molecular weight excluding hydrogens is 375 g/mol. The van der Waals surface area contributed by atoms with E-state index in [1.807, 2.05) is 0 Å². The third-order valence-electron chi connectivity index (χ3n) is 3.22. The molecule has 2 N–H and O–H groups in total. The Morgan fingerprint density at radius 3 is 2.75 bits per heavy atom. The smallest absolute Gasteiger partial charge is 0.329 e. The van der Waals surface area contributed by atoms with Crippen LogP contribution in [0.25, 0.3) is 0 Å². The van der Waals surface area contributed by atoms with Gasteiger partial charge in [0.1, 0.15) is 6.04 Å². The molecule has 0 bridgehead atoms. The average Bonchev–Trinajstić information content (AvgIpc) is 2.53. The van der Waals surface area contributed by atoms with Crippen LogP contribution in [0.3, 0.4) is 0 Å². The zero-order chi connectivity index (χ0) is 17.7. The van der Waals surface area contributed by atoms with E-state index in [0.29, 0.717) is 21.5 Å². The Bertz CT molecular complexity index is 656. The number of carbonyl (C=O) groups is 3. The van der Waals surface area contributed by atoms with Crippen molar-refractivity contribution < 1.29 is 19.1 Å². The van der Waals surface area contributed by atoms with Gasteiger partial charge in [-0.05, 0) is 25.1 Å². The molecule has 1 aromatic carbocycles. The maximum absolute atomic E-state index is 12.1. The molecule has 6 nitrogen and oxygen atoms in total. The van der Waals surface area contributed by atoms with Gasteiger partial charge in [0.15, 0.2) is 0 Å². The number of ether oxygens (including phenoxy) is 1. The first-order chi connectivity index (χ1) is 11.4. The third kappa shape index (κ3) is 5.03. The molecule has 2 amide bonds. The van der Waals surface area contributed by atoms with E-state index in [2.05, 4.69) is 10.6 Å².